The topological polar surface area (TPSA) is 12.5 Å². The van der Waals surface area contributed by atoms with E-state index in [1.54, 1.807) is 6.26 Å². The van der Waals surface area contributed by atoms with Crippen LogP contribution in [0.2, 0.25) is 5.02 Å². The number of halogens is 1. The summed E-state index contributed by atoms with van der Waals surface area (Å²) in [6, 6.07) is 4.17. The highest BCUT2D eigenvalue weighted by Crippen LogP contribution is 2.39. The van der Waals surface area contributed by atoms with Gasteiger partial charge in [0, 0.05) is 33.1 Å². The van der Waals surface area contributed by atoms with E-state index < -0.39 is 0 Å². The van der Waals surface area contributed by atoms with E-state index in [1.807, 2.05) is 30.4 Å². The molecule has 2 nitrogen and oxygen atoms in total. The number of hydrogen-bond donors (Lipinski definition) is 0. The summed E-state index contributed by atoms with van der Waals surface area (Å²) in [5, 5.41) is 2.26. The van der Waals surface area contributed by atoms with Crippen LogP contribution >= 0.6 is 22.9 Å². The molecule has 2 aromatic rings. The summed E-state index contributed by atoms with van der Waals surface area (Å²) < 4.78 is 6.92. The first-order chi connectivity index (χ1) is 9.70. The molecular formula is C16H18ClNOS. The van der Waals surface area contributed by atoms with Gasteiger partial charge in [-0.15, -0.1) is 11.3 Å². The van der Waals surface area contributed by atoms with E-state index in [4.69, 9.17) is 16.3 Å². The first-order valence-electron chi connectivity index (χ1n) is 6.83. The van der Waals surface area contributed by atoms with Gasteiger partial charge in [-0.1, -0.05) is 17.7 Å². The smallest absolute Gasteiger partial charge is 0.122 e. The summed E-state index contributed by atoms with van der Waals surface area (Å²) in [6.07, 6.45) is 4.69. The number of thiophene rings is 1. The Morgan fingerprint density at radius 2 is 2.25 bits per heavy atom. The number of hydrogen-bond acceptors (Lipinski definition) is 3. The van der Waals surface area contributed by atoms with E-state index in [0.29, 0.717) is 6.61 Å². The minimum absolute atomic E-state index is 0.643. The summed E-state index contributed by atoms with van der Waals surface area (Å²) in [7, 11) is 2.17. The Hall–Kier alpha value is -1.03. The average molecular weight is 308 g/mol. The maximum absolute atomic E-state index is 6.41. The first-order valence-corrected chi connectivity index (χ1v) is 8.03. The minimum atomic E-state index is 0.643. The zero-order chi connectivity index (χ0) is 14.1. The molecule has 0 saturated carbocycles. The summed E-state index contributed by atoms with van der Waals surface area (Å²) in [5.74, 6) is 0. The second kappa shape index (κ2) is 5.76. The van der Waals surface area contributed by atoms with Gasteiger partial charge in [-0.2, -0.15) is 0 Å². The zero-order valence-electron chi connectivity index (χ0n) is 11.8. The van der Waals surface area contributed by atoms with Crippen molar-refractivity contribution in [3.8, 4) is 0 Å². The van der Waals surface area contributed by atoms with E-state index >= 15 is 0 Å². The molecule has 1 aliphatic heterocycles. The highest BCUT2D eigenvalue weighted by Gasteiger charge is 2.21. The largest absolute Gasteiger partial charge is 0.496 e. The van der Waals surface area contributed by atoms with E-state index in [9.17, 15) is 0 Å². The highest BCUT2D eigenvalue weighted by atomic mass is 35.5. The number of likely N-dealkylation sites (N-methyl/N-ethyl adjacent to an activating group) is 1. The van der Waals surface area contributed by atoms with Crippen LogP contribution in [0.25, 0.3) is 10.1 Å². The predicted molar refractivity (Wildman–Crippen MR) is 86.5 cm³/mol. The lowest BCUT2D eigenvalue weighted by atomic mass is 10.0. The molecule has 106 valence electrons. The Balaban J connectivity index is 2.12. The van der Waals surface area contributed by atoms with Crippen molar-refractivity contribution >= 4 is 33.0 Å². The molecule has 4 heteroatoms. The molecule has 20 heavy (non-hydrogen) atoms. The Labute approximate surface area is 128 Å². The Morgan fingerprint density at radius 1 is 1.40 bits per heavy atom. The van der Waals surface area contributed by atoms with E-state index in [-0.39, 0.29) is 0 Å². The van der Waals surface area contributed by atoms with Crippen LogP contribution < -0.4 is 0 Å². The number of nitrogens with zero attached hydrogens (tertiary/aromatic N) is 1. The van der Waals surface area contributed by atoms with Gasteiger partial charge < -0.3 is 9.64 Å². The lowest BCUT2D eigenvalue weighted by Gasteiger charge is -2.13. The van der Waals surface area contributed by atoms with Gasteiger partial charge >= 0.3 is 0 Å². The predicted octanol–water partition coefficient (Wildman–Crippen LogP) is 4.59. The van der Waals surface area contributed by atoms with Gasteiger partial charge in [-0.25, -0.2) is 0 Å². The molecule has 0 aliphatic carbocycles. The third-order valence-electron chi connectivity index (χ3n) is 3.71. The lowest BCUT2D eigenvalue weighted by Crippen LogP contribution is -2.19. The Morgan fingerprint density at radius 3 is 3.05 bits per heavy atom. The van der Waals surface area contributed by atoms with Crippen LogP contribution in [0.3, 0.4) is 0 Å². The minimum Gasteiger partial charge on any atom is -0.496 e. The molecule has 0 spiro atoms. The van der Waals surface area contributed by atoms with Crippen molar-refractivity contribution in [2.45, 2.75) is 26.5 Å². The molecule has 0 amide bonds. The van der Waals surface area contributed by atoms with Gasteiger partial charge in [0.15, 0.2) is 0 Å². The fraction of sp³-hybridized carbons (Fsp3) is 0.375. The van der Waals surface area contributed by atoms with Crippen molar-refractivity contribution in [1.82, 2.24) is 4.90 Å². The Kier molecular flexibility index (Phi) is 4.01. The van der Waals surface area contributed by atoms with Crippen molar-refractivity contribution in [3.63, 3.8) is 0 Å². The fourth-order valence-electron chi connectivity index (χ4n) is 2.75. The van der Waals surface area contributed by atoms with Crippen molar-refractivity contribution in [1.29, 1.82) is 0 Å². The monoisotopic (exact) mass is 307 g/mol. The van der Waals surface area contributed by atoms with Crippen LogP contribution in [-0.4, -0.2) is 18.5 Å². The third kappa shape index (κ3) is 2.46. The molecule has 2 heterocycles. The van der Waals surface area contributed by atoms with Gasteiger partial charge in [0.2, 0.25) is 0 Å². The van der Waals surface area contributed by atoms with Crippen molar-refractivity contribution in [2.75, 3.05) is 13.6 Å². The van der Waals surface area contributed by atoms with Crippen LogP contribution in [0.15, 0.2) is 24.5 Å². The number of benzene rings is 1. The summed E-state index contributed by atoms with van der Waals surface area (Å²) in [4.78, 5) is 3.67. The highest BCUT2D eigenvalue weighted by molar-refractivity contribution is 7.19. The molecule has 0 N–H and O–H groups in total. The number of rotatable bonds is 3. The number of allylic oxidation sites excluding steroid dienone is 1. The van der Waals surface area contributed by atoms with Crippen LogP contribution in [0.1, 0.15) is 22.9 Å². The van der Waals surface area contributed by atoms with Crippen LogP contribution in [0, 0.1) is 0 Å². The summed E-state index contributed by atoms with van der Waals surface area (Å²) in [5.41, 5.74) is 2.70. The first kappa shape index (κ1) is 13.9. The van der Waals surface area contributed by atoms with Crippen LogP contribution in [-0.2, 0) is 24.3 Å². The third-order valence-corrected chi connectivity index (χ3v) is 5.23. The average Bonchev–Trinajstić information content (AvgIpc) is 2.65. The second-order valence-corrected chi connectivity index (χ2v) is 6.72. The molecule has 3 rings (SSSR count). The fourth-order valence-corrected chi connectivity index (χ4v) is 4.17. The molecule has 1 aromatic heterocycles. The molecular weight excluding hydrogens is 290 g/mol. The van der Waals surface area contributed by atoms with E-state index in [2.05, 4.69) is 18.0 Å². The molecule has 0 bridgehead atoms. The zero-order valence-corrected chi connectivity index (χ0v) is 13.4. The van der Waals surface area contributed by atoms with Gasteiger partial charge in [0.05, 0.1) is 6.26 Å². The van der Waals surface area contributed by atoms with Gasteiger partial charge in [0.25, 0.3) is 0 Å². The quantitative estimate of drug-likeness (QED) is 0.769. The van der Waals surface area contributed by atoms with E-state index in [1.165, 1.54) is 26.1 Å². The molecule has 0 atom stereocenters. The van der Waals surface area contributed by atoms with Crippen molar-refractivity contribution in [3.05, 3.63) is 45.5 Å². The molecule has 0 radical (unpaired) electrons. The summed E-state index contributed by atoms with van der Waals surface area (Å²) in [6.45, 7) is 4.63. The van der Waals surface area contributed by atoms with Crippen LogP contribution in [0.4, 0.5) is 0 Å². The normalized spacial score (nSPS) is 15.9. The SMILES string of the molecule is CC=COCc1sc2ccc(Cl)c3c2c1CN(C)CC3. The van der Waals surface area contributed by atoms with Gasteiger partial charge in [-0.05, 0) is 43.7 Å². The Bertz CT molecular complexity index is 662. The molecule has 0 saturated heterocycles. The number of ether oxygens (including phenoxy) is 1. The van der Waals surface area contributed by atoms with Crippen LogP contribution in [0.5, 0.6) is 0 Å². The molecule has 0 fully saturated rings. The lowest BCUT2D eigenvalue weighted by molar-refractivity contribution is 0.236. The van der Waals surface area contributed by atoms with Gasteiger partial charge in [-0.3, -0.25) is 0 Å². The van der Waals surface area contributed by atoms with Crippen molar-refractivity contribution in [2.24, 2.45) is 0 Å². The summed E-state index contributed by atoms with van der Waals surface area (Å²) >= 11 is 8.24. The molecule has 1 aromatic carbocycles. The maximum atomic E-state index is 6.41. The second-order valence-electron chi connectivity index (χ2n) is 5.17. The maximum Gasteiger partial charge on any atom is 0.122 e. The van der Waals surface area contributed by atoms with E-state index in [0.717, 1.165) is 24.5 Å². The van der Waals surface area contributed by atoms with Crippen molar-refractivity contribution < 1.29 is 4.74 Å². The van der Waals surface area contributed by atoms with Gasteiger partial charge in [0.1, 0.15) is 6.61 Å². The molecule has 1 aliphatic rings. The standard InChI is InChI=1S/C16H18ClNOS/c1-3-8-19-10-15-12-9-18(2)7-6-11-13(17)4-5-14(20-15)16(11)12/h3-5,8H,6-7,9-10H2,1-2H3. The molecule has 0 unspecified atom stereocenters.